The third kappa shape index (κ3) is 4.25. The third-order valence-electron chi connectivity index (χ3n) is 4.75. The highest BCUT2D eigenvalue weighted by atomic mass is 35.5. The van der Waals surface area contributed by atoms with Crippen LogP contribution in [0.1, 0.15) is 27.3 Å². The first-order valence-corrected chi connectivity index (χ1v) is 9.62. The molecule has 31 heavy (non-hydrogen) atoms. The summed E-state index contributed by atoms with van der Waals surface area (Å²) in [5.41, 5.74) is 1.53. The Balaban J connectivity index is 1.79. The minimum atomic E-state index is -4.69. The monoisotopic (exact) mass is 444 g/mol. The van der Waals surface area contributed by atoms with Gasteiger partial charge in [-0.3, -0.25) is 4.79 Å². The molecular formula is C22H16ClF3N4O. The predicted octanol–water partition coefficient (Wildman–Crippen LogP) is 5.94. The van der Waals surface area contributed by atoms with Gasteiger partial charge in [-0.05, 0) is 37.6 Å². The Morgan fingerprint density at radius 1 is 1.03 bits per heavy atom. The highest BCUT2D eigenvalue weighted by Gasteiger charge is 2.35. The number of rotatable bonds is 3. The molecule has 1 amide bonds. The number of anilines is 1. The number of nitrogens with zero attached hydrogens (tertiary/aromatic N) is 3. The first-order valence-electron chi connectivity index (χ1n) is 9.24. The van der Waals surface area contributed by atoms with Crippen LogP contribution in [0.4, 0.5) is 18.9 Å². The van der Waals surface area contributed by atoms with E-state index in [1.165, 1.54) is 6.07 Å². The summed E-state index contributed by atoms with van der Waals surface area (Å²) < 4.78 is 41.8. The van der Waals surface area contributed by atoms with Crippen molar-refractivity contribution in [3.05, 3.63) is 82.1 Å². The van der Waals surface area contributed by atoms with Crippen LogP contribution in [0.5, 0.6) is 0 Å². The van der Waals surface area contributed by atoms with E-state index in [-0.39, 0.29) is 17.0 Å². The number of carbonyl (C=O) groups excluding carboxylic acids is 1. The van der Waals surface area contributed by atoms with Gasteiger partial charge in [0.2, 0.25) is 0 Å². The van der Waals surface area contributed by atoms with E-state index in [4.69, 9.17) is 11.6 Å². The maximum Gasteiger partial charge on any atom is 0.433 e. The fourth-order valence-electron chi connectivity index (χ4n) is 3.07. The van der Waals surface area contributed by atoms with Crippen molar-refractivity contribution in [3.63, 3.8) is 0 Å². The number of hydrogen-bond donors (Lipinski definition) is 1. The number of aryl methyl sites for hydroxylation is 2. The molecule has 0 aliphatic carbocycles. The van der Waals surface area contributed by atoms with Crippen LogP contribution in [-0.2, 0) is 6.18 Å². The van der Waals surface area contributed by atoms with Gasteiger partial charge in [0, 0.05) is 22.3 Å². The van der Waals surface area contributed by atoms with Gasteiger partial charge in [-0.15, -0.1) is 0 Å². The first-order chi connectivity index (χ1) is 14.6. The van der Waals surface area contributed by atoms with Crippen molar-refractivity contribution >= 4 is 28.8 Å². The second-order valence-corrected chi connectivity index (χ2v) is 7.54. The zero-order valence-corrected chi connectivity index (χ0v) is 17.2. The lowest BCUT2D eigenvalue weighted by Gasteiger charge is -2.11. The molecule has 4 aromatic rings. The molecule has 1 N–H and O–H groups in total. The molecule has 2 heterocycles. The maximum atomic E-state index is 13.7. The minimum absolute atomic E-state index is 0.0848. The molecule has 0 aliphatic rings. The predicted molar refractivity (Wildman–Crippen MR) is 112 cm³/mol. The second-order valence-electron chi connectivity index (χ2n) is 7.10. The molecule has 0 saturated heterocycles. The van der Waals surface area contributed by atoms with Gasteiger partial charge < -0.3 is 5.32 Å². The van der Waals surface area contributed by atoms with Crippen LogP contribution in [0.2, 0.25) is 5.02 Å². The van der Waals surface area contributed by atoms with Crippen LogP contribution >= 0.6 is 11.6 Å². The third-order valence-corrected chi connectivity index (χ3v) is 4.98. The standard InChI is InChI=1S/C22H16ClF3N4O/c1-12-3-6-14(7-4-12)17-10-19(22(24,25)26)30-20(27-17)11-18(29-30)21(31)28-16-9-15(23)8-5-13(16)2/h3-11H,1-2H3,(H,28,31). The first kappa shape index (κ1) is 20.9. The van der Waals surface area contributed by atoms with Gasteiger partial charge in [-0.2, -0.15) is 18.3 Å². The van der Waals surface area contributed by atoms with Gasteiger partial charge in [0.15, 0.2) is 17.0 Å². The van der Waals surface area contributed by atoms with Crippen molar-refractivity contribution in [1.82, 2.24) is 14.6 Å². The van der Waals surface area contributed by atoms with E-state index < -0.39 is 17.8 Å². The van der Waals surface area contributed by atoms with Gasteiger partial charge in [0.05, 0.1) is 5.69 Å². The number of carbonyl (C=O) groups is 1. The topological polar surface area (TPSA) is 59.3 Å². The van der Waals surface area contributed by atoms with Crippen molar-refractivity contribution in [3.8, 4) is 11.3 Å². The molecule has 2 aromatic carbocycles. The fourth-order valence-corrected chi connectivity index (χ4v) is 3.25. The van der Waals surface area contributed by atoms with E-state index in [9.17, 15) is 18.0 Å². The summed E-state index contributed by atoms with van der Waals surface area (Å²) in [5.74, 6) is -0.666. The number of fused-ring (bicyclic) bond motifs is 1. The normalized spacial score (nSPS) is 11.7. The SMILES string of the molecule is Cc1ccc(-c2cc(C(F)(F)F)n3nc(C(=O)Nc4cc(Cl)ccc4C)cc3n2)cc1. The molecule has 0 aliphatic heterocycles. The molecule has 0 bridgehead atoms. The largest absolute Gasteiger partial charge is 0.433 e. The molecule has 2 aromatic heterocycles. The number of aromatic nitrogens is 3. The number of benzene rings is 2. The molecule has 0 radical (unpaired) electrons. The molecule has 0 spiro atoms. The molecule has 158 valence electrons. The number of nitrogens with one attached hydrogen (secondary N) is 1. The lowest BCUT2D eigenvalue weighted by Crippen LogP contribution is -2.16. The summed E-state index contributed by atoms with van der Waals surface area (Å²) in [6.07, 6.45) is -4.69. The Bertz CT molecular complexity index is 1300. The molecule has 0 saturated carbocycles. The molecule has 0 fully saturated rings. The average molecular weight is 445 g/mol. The summed E-state index contributed by atoms with van der Waals surface area (Å²) in [6, 6.07) is 14.1. The summed E-state index contributed by atoms with van der Waals surface area (Å²) in [5, 5.41) is 6.91. The van der Waals surface area contributed by atoms with Crippen molar-refractivity contribution < 1.29 is 18.0 Å². The smallest absolute Gasteiger partial charge is 0.320 e. The van der Waals surface area contributed by atoms with E-state index in [1.807, 2.05) is 6.92 Å². The Hall–Kier alpha value is -3.39. The summed E-state index contributed by atoms with van der Waals surface area (Å²) in [7, 11) is 0. The van der Waals surface area contributed by atoms with Gasteiger partial charge in [0.1, 0.15) is 0 Å². The van der Waals surface area contributed by atoms with Crippen molar-refractivity contribution in [2.45, 2.75) is 20.0 Å². The van der Waals surface area contributed by atoms with Crippen molar-refractivity contribution in [1.29, 1.82) is 0 Å². The second kappa shape index (κ2) is 7.70. The summed E-state index contributed by atoms with van der Waals surface area (Å²) >= 11 is 5.96. The summed E-state index contributed by atoms with van der Waals surface area (Å²) in [4.78, 5) is 17.0. The number of amides is 1. The highest BCUT2D eigenvalue weighted by Crippen LogP contribution is 2.32. The van der Waals surface area contributed by atoms with E-state index in [0.717, 1.165) is 17.2 Å². The van der Waals surface area contributed by atoms with Crippen LogP contribution in [0, 0.1) is 13.8 Å². The molecule has 9 heteroatoms. The molecule has 5 nitrogen and oxygen atoms in total. The van der Waals surface area contributed by atoms with Gasteiger partial charge in [0.25, 0.3) is 5.91 Å². The number of hydrogen-bond acceptors (Lipinski definition) is 3. The number of alkyl halides is 3. The lowest BCUT2D eigenvalue weighted by atomic mass is 10.1. The zero-order chi connectivity index (χ0) is 22.3. The van der Waals surface area contributed by atoms with E-state index in [0.29, 0.717) is 20.8 Å². The molecule has 0 unspecified atom stereocenters. The summed E-state index contributed by atoms with van der Waals surface area (Å²) in [6.45, 7) is 3.65. The van der Waals surface area contributed by atoms with Crippen LogP contribution in [0.15, 0.2) is 54.6 Å². The Morgan fingerprint density at radius 3 is 2.42 bits per heavy atom. The minimum Gasteiger partial charge on any atom is -0.320 e. The van der Waals surface area contributed by atoms with Gasteiger partial charge in [-0.25, -0.2) is 9.50 Å². The van der Waals surface area contributed by atoms with E-state index in [2.05, 4.69) is 15.4 Å². The quantitative estimate of drug-likeness (QED) is 0.425. The van der Waals surface area contributed by atoms with Crippen LogP contribution < -0.4 is 5.32 Å². The van der Waals surface area contributed by atoms with E-state index in [1.54, 1.807) is 49.4 Å². The van der Waals surface area contributed by atoms with Crippen molar-refractivity contribution in [2.75, 3.05) is 5.32 Å². The van der Waals surface area contributed by atoms with Gasteiger partial charge >= 0.3 is 6.18 Å². The Morgan fingerprint density at radius 2 is 1.74 bits per heavy atom. The van der Waals surface area contributed by atoms with Crippen LogP contribution in [0.3, 0.4) is 0 Å². The fraction of sp³-hybridized carbons (Fsp3) is 0.136. The van der Waals surface area contributed by atoms with Crippen LogP contribution in [0.25, 0.3) is 16.9 Å². The lowest BCUT2D eigenvalue weighted by molar-refractivity contribution is -0.142. The van der Waals surface area contributed by atoms with E-state index >= 15 is 0 Å². The maximum absolute atomic E-state index is 13.7. The number of halogens is 4. The Kier molecular flexibility index (Phi) is 5.18. The molecular weight excluding hydrogens is 429 g/mol. The molecule has 0 atom stereocenters. The van der Waals surface area contributed by atoms with Crippen LogP contribution in [-0.4, -0.2) is 20.5 Å². The molecule has 4 rings (SSSR count). The van der Waals surface area contributed by atoms with Crippen molar-refractivity contribution in [2.24, 2.45) is 0 Å². The Labute approximate surface area is 180 Å². The highest BCUT2D eigenvalue weighted by molar-refractivity contribution is 6.31. The zero-order valence-electron chi connectivity index (χ0n) is 16.5. The van der Waals surface area contributed by atoms with Gasteiger partial charge in [-0.1, -0.05) is 47.5 Å². The average Bonchev–Trinajstić information content (AvgIpc) is 3.14.